The van der Waals surface area contributed by atoms with E-state index in [-0.39, 0.29) is 33.0 Å². The number of ether oxygens (including phenoxy) is 8. The minimum atomic E-state index is -1.72. The highest BCUT2D eigenvalue weighted by Gasteiger charge is 2.70. The van der Waals surface area contributed by atoms with Crippen molar-refractivity contribution >= 4 is 0 Å². The molecule has 9 heteroatoms. The molecule has 5 rings (SSSR count). The molecule has 0 radical (unpaired) electrons. The number of rotatable bonds is 15. The number of aliphatic hydroxyl groups is 1. The third kappa shape index (κ3) is 7.39. The summed E-state index contributed by atoms with van der Waals surface area (Å²) in [5, 5.41) is 12.3. The van der Waals surface area contributed by atoms with E-state index in [1.54, 1.807) is 0 Å². The maximum absolute atomic E-state index is 12.3. The van der Waals surface area contributed by atoms with Crippen molar-refractivity contribution in [1.29, 1.82) is 0 Å². The maximum Gasteiger partial charge on any atom is 0.192 e. The van der Waals surface area contributed by atoms with Gasteiger partial charge in [0.15, 0.2) is 23.3 Å². The first kappa shape index (κ1) is 32.7. The van der Waals surface area contributed by atoms with Crippen LogP contribution in [0.3, 0.4) is 0 Å². The van der Waals surface area contributed by atoms with Crippen LogP contribution < -0.4 is 0 Å². The molecule has 2 fully saturated rings. The van der Waals surface area contributed by atoms with Gasteiger partial charge in [0, 0.05) is 14.2 Å². The summed E-state index contributed by atoms with van der Waals surface area (Å²) in [6, 6.07) is 29.5. The summed E-state index contributed by atoms with van der Waals surface area (Å²) >= 11 is 0. The maximum atomic E-state index is 12.3. The summed E-state index contributed by atoms with van der Waals surface area (Å²) in [4.78, 5) is 0. The molecule has 2 aliphatic heterocycles. The fourth-order valence-corrected chi connectivity index (χ4v) is 6.07. The standard InChI is InChI=1S/C35H44O9/c1-33(2)42-23-29(43-33)30(40-21-27-16-10-6-11-17-27)35(25-39-20-26-14-8-5-9-15-26)31(41-22-28-18-12-7-13-19-28)34(36,24-37-3)32(38-4)44-35/h5-19,29-32,36H,20-25H2,1-4H3/t29-,30+,31-,32+,34-,35-/m1/s1. The van der Waals surface area contributed by atoms with E-state index in [4.69, 9.17) is 37.9 Å². The van der Waals surface area contributed by atoms with E-state index in [2.05, 4.69) is 0 Å². The van der Waals surface area contributed by atoms with Gasteiger partial charge in [-0.05, 0) is 30.5 Å². The van der Waals surface area contributed by atoms with Crippen molar-refractivity contribution in [2.24, 2.45) is 0 Å². The Kier molecular flexibility index (Phi) is 10.8. The Morgan fingerprint density at radius 1 is 0.773 bits per heavy atom. The predicted molar refractivity (Wildman–Crippen MR) is 162 cm³/mol. The molecule has 2 heterocycles. The van der Waals surface area contributed by atoms with Crippen molar-refractivity contribution in [1.82, 2.24) is 0 Å². The second-order valence-electron chi connectivity index (χ2n) is 11.8. The second-order valence-corrected chi connectivity index (χ2v) is 11.8. The van der Waals surface area contributed by atoms with E-state index in [0.717, 1.165) is 16.7 Å². The van der Waals surface area contributed by atoms with Gasteiger partial charge in [0.05, 0.1) is 39.6 Å². The topological polar surface area (TPSA) is 94.1 Å². The molecule has 9 nitrogen and oxygen atoms in total. The summed E-state index contributed by atoms with van der Waals surface area (Å²) in [6.07, 6.45) is -3.55. The molecule has 44 heavy (non-hydrogen) atoms. The molecule has 0 amide bonds. The summed E-state index contributed by atoms with van der Waals surface area (Å²) in [5.41, 5.74) is -0.263. The minimum absolute atomic E-state index is 0.00696. The molecule has 1 N–H and O–H groups in total. The van der Waals surface area contributed by atoms with E-state index in [0.29, 0.717) is 6.61 Å². The third-order valence-corrected chi connectivity index (χ3v) is 8.04. The number of hydrogen-bond acceptors (Lipinski definition) is 9. The molecule has 3 aromatic carbocycles. The summed E-state index contributed by atoms with van der Waals surface area (Å²) in [7, 11) is 3.00. The van der Waals surface area contributed by atoms with Gasteiger partial charge in [-0.2, -0.15) is 0 Å². The number of benzene rings is 3. The van der Waals surface area contributed by atoms with Crippen LogP contribution in [-0.2, 0) is 57.7 Å². The van der Waals surface area contributed by atoms with Crippen molar-refractivity contribution < 1.29 is 43.0 Å². The smallest absolute Gasteiger partial charge is 0.192 e. The lowest BCUT2D eigenvalue weighted by Crippen LogP contribution is -2.65. The Balaban J connectivity index is 1.57. The average Bonchev–Trinajstić information content (AvgIpc) is 3.51. The van der Waals surface area contributed by atoms with E-state index < -0.39 is 41.6 Å². The highest BCUT2D eigenvalue weighted by atomic mass is 16.8. The van der Waals surface area contributed by atoms with Crippen LogP contribution in [-0.4, -0.2) is 80.7 Å². The fourth-order valence-electron chi connectivity index (χ4n) is 6.07. The lowest BCUT2D eigenvalue weighted by Gasteiger charge is -2.43. The lowest BCUT2D eigenvalue weighted by molar-refractivity contribution is -0.264. The quantitative estimate of drug-likeness (QED) is 0.265. The Morgan fingerprint density at radius 2 is 1.34 bits per heavy atom. The first-order valence-electron chi connectivity index (χ1n) is 15.0. The Labute approximate surface area is 259 Å². The van der Waals surface area contributed by atoms with Gasteiger partial charge in [-0.25, -0.2) is 0 Å². The van der Waals surface area contributed by atoms with Gasteiger partial charge in [-0.3, -0.25) is 0 Å². The van der Waals surface area contributed by atoms with Crippen LogP contribution in [0.15, 0.2) is 91.0 Å². The second kappa shape index (κ2) is 14.6. The molecule has 2 saturated heterocycles. The molecular formula is C35H44O9. The first-order valence-corrected chi connectivity index (χ1v) is 15.0. The molecular weight excluding hydrogens is 564 g/mol. The summed E-state index contributed by atoms with van der Waals surface area (Å²) in [5.74, 6) is -0.854. The normalized spacial score (nSPS) is 28.7. The van der Waals surface area contributed by atoms with Gasteiger partial charge in [0.25, 0.3) is 0 Å². The zero-order chi connectivity index (χ0) is 31.0. The van der Waals surface area contributed by atoms with Crippen LogP contribution in [0.1, 0.15) is 30.5 Å². The van der Waals surface area contributed by atoms with Crippen molar-refractivity contribution in [2.75, 3.05) is 34.0 Å². The van der Waals surface area contributed by atoms with Gasteiger partial charge in [0.2, 0.25) is 0 Å². The molecule has 0 aromatic heterocycles. The number of methoxy groups -OCH3 is 2. The predicted octanol–water partition coefficient (Wildman–Crippen LogP) is 4.64. The van der Waals surface area contributed by atoms with Gasteiger partial charge in [0.1, 0.15) is 18.3 Å². The number of hydrogen-bond donors (Lipinski definition) is 1. The van der Waals surface area contributed by atoms with Crippen LogP contribution in [0.25, 0.3) is 0 Å². The van der Waals surface area contributed by atoms with Crippen LogP contribution in [0, 0.1) is 0 Å². The largest absolute Gasteiger partial charge is 0.381 e. The van der Waals surface area contributed by atoms with Crippen LogP contribution in [0.2, 0.25) is 0 Å². The van der Waals surface area contributed by atoms with Gasteiger partial charge in [-0.15, -0.1) is 0 Å². The molecule has 0 aliphatic carbocycles. The van der Waals surface area contributed by atoms with Gasteiger partial charge < -0.3 is 43.0 Å². The van der Waals surface area contributed by atoms with Crippen molar-refractivity contribution in [3.63, 3.8) is 0 Å². The van der Waals surface area contributed by atoms with Crippen LogP contribution in [0.5, 0.6) is 0 Å². The van der Waals surface area contributed by atoms with Crippen molar-refractivity contribution in [3.8, 4) is 0 Å². The molecule has 0 unspecified atom stereocenters. The van der Waals surface area contributed by atoms with Gasteiger partial charge in [-0.1, -0.05) is 91.0 Å². The molecule has 0 bridgehead atoms. The van der Waals surface area contributed by atoms with Crippen LogP contribution in [0.4, 0.5) is 0 Å². The van der Waals surface area contributed by atoms with Crippen molar-refractivity contribution in [2.45, 2.75) is 75.3 Å². The average molecular weight is 609 g/mol. The van der Waals surface area contributed by atoms with E-state index in [1.807, 2.05) is 105 Å². The molecule has 3 aromatic rings. The monoisotopic (exact) mass is 608 g/mol. The molecule has 238 valence electrons. The molecule has 0 spiro atoms. The minimum Gasteiger partial charge on any atom is -0.381 e. The summed E-state index contributed by atoms with van der Waals surface area (Å²) in [6.45, 7) is 4.57. The molecule has 6 atom stereocenters. The van der Waals surface area contributed by atoms with E-state index in [1.165, 1.54) is 14.2 Å². The lowest BCUT2D eigenvalue weighted by atomic mass is 9.81. The van der Waals surface area contributed by atoms with Gasteiger partial charge >= 0.3 is 0 Å². The Hall–Kier alpha value is -2.70. The third-order valence-electron chi connectivity index (χ3n) is 8.04. The van der Waals surface area contributed by atoms with Crippen molar-refractivity contribution in [3.05, 3.63) is 108 Å². The highest BCUT2D eigenvalue weighted by molar-refractivity contribution is 5.19. The molecule has 0 saturated carbocycles. The SMILES string of the molecule is COC[C@]1(O)[C@@H](OC)O[C@](COCc2ccccc2)([C@@H](OCc2ccccc2)[C@H]2COC(C)(C)O2)[C@@H]1OCc1ccccc1. The zero-order valence-electron chi connectivity index (χ0n) is 25.9. The van der Waals surface area contributed by atoms with E-state index in [9.17, 15) is 5.11 Å². The fraction of sp³-hybridized carbons (Fsp3) is 0.486. The summed E-state index contributed by atoms with van der Waals surface area (Å²) < 4.78 is 50.4. The van der Waals surface area contributed by atoms with Crippen LogP contribution >= 0.6 is 0 Å². The molecule has 2 aliphatic rings. The Bertz CT molecular complexity index is 1280. The Morgan fingerprint density at radius 3 is 1.86 bits per heavy atom. The zero-order valence-corrected chi connectivity index (χ0v) is 25.9. The van der Waals surface area contributed by atoms with E-state index >= 15 is 0 Å². The highest BCUT2D eigenvalue weighted by Crippen LogP contribution is 2.47. The first-order chi connectivity index (χ1) is 21.3.